The molecule has 0 aromatic heterocycles. The van der Waals surface area contributed by atoms with Crippen molar-refractivity contribution in [3.63, 3.8) is 0 Å². The molecule has 21 heavy (non-hydrogen) atoms. The van der Waals surface area contributed by atoms with Gasteiger partial charge in [-0.25, -0.2) is 0 Å². The van der Waals surface area contributed by atoms with Gasteiger partial charge in [0.05, 0.1) is 0 Å². The van der Waals surface area contributed by atoms with Crippen molar-refractivity contribution >= 4 is 21.6 Å². The number of benzene rings is 1. The molecule has 1 aromatic rings. The lowest BCUT2D eigenvalue weighted by molar-refractivity contribution is 0.297. The highest BCUT2D eigenvalue weighted by molar-refractivity contribution is 9.10. The van der Waals surface area contributed by atoms with Gasteiger partial charge in [0.1, 0.15) is 0 Å². The lowest BCUT2D eigenvalue weighted by atomic mass is 9.85. The van der Waals surface area contributed by atoms with Gasteiger partial charge in [0.25, 0.3) is 0 Å². The predicted molar refractivity (Wildman–Crippen MR) is 95.9 cm³/mol. The Morgan fingerprint density at radius 1 is 1.33 bits per heavy atom. The number of hydrogen-bond acceptors (Lipinski definition) is 2. The quantitative estimate of drug-likeness (QED) is 0.857. The first-order valence-corrected chi connectivity index (χ1v) is 9.02. The number of rotatable bonds is 4. The largest absolute Gasteiger partial charge is 0.368 e. The summed E-state index contributed by atoms with van der Waals surface area (Å²) in [5.41, 5.74) is 8.74. The third-order valence-electron chi connectivity index (χ3n) is 4.97. The highest BCUT2D eigenvalue weighted by atomic mass is 79.9. The second-order valence-electron chi connectivity index (χ2n) is 6.86. The molecule has 2 rings (SSSR count). The second-order valence-corrected chi connectivity index (χ2v) is 7.71. The monoisotopic (exact) mass is 352 g/mol. The van der Waals surface area contributed by atoms with Crippen LogP contribution >= 0.6 is 15.9 Å². The third kappa shape index (κ3) is 4.01. The molecule has 118 valence electrons. The Morgan fingerprint density at radius 3 is 2.67 bits per heavy atom. The Balaban J connectivity index is 2.19. The Morgan fingerprint density at radius 2 is 2.05 bits per heavy atom. The van der Waals surface area contributed by atoms with Crippen molar-refractivity contribution in [3.8, 4) is 0 Å². The zero-order valence-corrected chi connectivity index (χ0v) is 15.4. The van der Waals surface area contributed by atoms with Crippen molar-refractivity contribution in [1.29, 1.82) is 0 Å². The highest BCUT2D eigenvalue weighted by Gasteiger charge is 2.29. The average Bonchev–Trinajstić information content (AvgIpc) is 2.44. The lowest BCUT2D eigenvalue weighted by Crippen LogP contribution is -2.45. The number of anilines is 1. The van der Waals surface area contributed by atoms with Gasteiger partial charge in [0.2, 0.25) is 0 Å². The molecule has 1 aliphatic rings. The molecule has 4 unspecified atom stereocenters. The number of nitrogens with zero attached hydrogens (tertiary/aromatic N) is 1. The van der Waals surface area contributed by atoms with E-state index in [4.69, 9.17) is 5.73 Å². The van der Waals surface area contributed by atoms with E-state index in [0.717, 1.165) is 31.2 Å². The number of piperidine rings is 1. The van der Waals surface area contributed by atoms with Gasteiger partial charge in [-0.3, -0.25) is 0 Å². The average molecular weight is 353 g/mol. The van der Waals surface area contributed by atoms with Gasteiger partial charge >= 0.3 is 0 Å². The van der Waals surface area contributed by atoms with E-state index in [-0.39, 0.29) is 6.04 Å². The van der Waals surface area contributed by atoms with Crippen LogP contribution in [0, 0.1) is 11.8 Å². The van der Waals surface area contributed by atoms with Crippen LogP contribution in [0.2, 0.25) is 0 Å². The molecule has 0 bridgehead atoms. The summed E-state index contributed by atoms with van der Waals surface area (Å²) in [5, 5.41) is 0. The number of halogens is 1. The molecule has 0 radical (unpaired) electrons. The van der Waals surface area contributed by atoms with Crippen LogP contribution < -0.4 is 10.6 Å². The van der Waals surface area contributed by atoms with Crippen molar-refractivity contribution < 1.29 is 0 Å². The van der Waals surface area contributed by atoms with E-state index in [0.29, 0.717) is 6.04 Å². The van der Waals surface area contributed by atoms with Crippen molar-refractivity contribution in [2.75, 3.05) is 11.4 Å². The van der Waals surface area contributed by atoms with Crippen molar-refractivity contribution in [3.05, 3.63) is 28.2 Å². The van der Waals surface area contributed by atoms with Gasteiger partial charge in [-0.15, -0.1) is 0 Å². The van der Waals surface area contributed by atoms with Crippen LogP contribution in [0.25, 0.3) is 0 Å². The molecule has 0 spiro atoms. The molecule has 1 aromatic carbocycles. The fraction of sp³-hybridized carbons (Fsp3) is 0.667. The molecular formula is C18H29BrN2. The summed E-state index contributed by atoms with van der Waals surface area (Å²) in [6.07, 6.45) is 3.30. The van der Waals surface area contributed by atoms with Crippen LogP contribution in [-0.4, -0.2) is 18.6 Å². The van der Waals surface area contributed by atoms with E-state index in [2.05, 4.69) is 66.7 Å². The Bertz CT molecular complexity index is 474. The third-order valence-corrected chi connectivity index (χ3v) is 5.71. The minimum atomic E-state index is 0.251. The summed E-state index contributed by atoms with van der Waals surface area (Å²) >= 11 is 3.74. The summed E-state index contributed by atoms with van der Waals surface area (Å²) in [4.78, 5) is 2.56. The van der Waals surface area contributed by atoms with E-state index in [1.807, 2.05) is 0 Å². The first kappa shape index (κ1) is 16.8. The molecule has 1 heterocycles. The number of nitrogens with two attached hydrogens (primary N) is 1. The fourth-order valence-electron chi connectivity index (χ4n) is 3.36. The molecule has 1 saturated heterocycles. The summed E-state index contributed by atoms with van der Waals surface area (Å²) < 4.78 is 1.20. The van der Waals surface area contributed by atoms with E-state index < -0.39 is 0 Å². The molecule has 0 aliphatic carbocycles. The Hall–Kier alpha value is -0.540. The SMILES string of the molecule is CCC(N)Cc1ccc(N2CC(C)CC(C)C2C)cc1Br. The molecule has 0 saturated carbocycles. The molecule has 0 amide bonds. The van der Waals surface area contributed by atoms with Gasteiger partial charge in [-0.05, 0) is 55.7 Å². The minimum absolute atomic E-state index is 0.251. The van der Waals surface area contributed by atoms with Crippen LogP contribution in [-0.2, 0) is 6.42 Å². The standard InChI is InChI=1S/C18H29BrN2/c1-5-16(20)9-15-6-7-17(10-18(15)19)21-11-12(2)8-13(3)14(21)4/h6-7,10,12-14,16H,5,8-9,11,20H2,1-4H3. The molecule has 2 N–H and O–H groups in total. The molecule has 1 aliphatic heterocycles. The Kier molecular flexibility index (Phi) is 5.73. The van der Waals surface area contributed by atoms with Crippen LogP contribution in [0.4, 0.5) is 5.69 Å². The van der Waals surface area contributed by atoms with Gasteiger partial charge in [-0.1, -0.05) is 42.8 Å². The van der Waals surface area contributed by atoms with Crippen LogP contribution in [0.15, 0.2) is 22.7 Å². The fourth-order valence-corrected chi connectivity index (χ4v) is 3.89. The van der Waals surface area contributed by atoms with Gasteiger partial charge < -0.3 is 10.6 Å². The molecule has 2 nitrogen and oxygen atoms in total. The van der Waals surface area contributed by atoms with E-state index in [1.165, 1.54) is 22.1 Å². The second kappa shape index (κ2) is 7.15. The van der Waals surface area contributed by atoms with Crippen LogP contribution in [0.5, 0.6) is 0 Å². The smallest absolute Gasteiger partial charge is 0.0380 e. The lowest BCUT2D eigenvalue weighted by Gasteiger charge is -2.42. The molecule has 4 atom stereocenters. The maximum absolute atomic E-state index is 6.08. The van der Waals surface area contributed by atoms with E-state index in [9.17, 15) is 0 Å². The minimum Gasteiger partial charge on any atom is -0.368 e. The molecular weight excluding hydrogens is 324 g/mol. The zero-order chi connectivity index (χ0) is 15.6. The summed E-state index contributed by atoms with van der Waals surface area (Å²) in [7, 11) is 0. The molecule has 3 heteroatoms. The maximum atomic E-state index is 6.08. The summed E-state index contributed by atoms with van der Waals surface area (Å²) in [5.74, 6) is 1.52. The van der Waals surface area contributed by atoms with Crippen molar-refractivity contribution in [2.45, 2.75) is 59.0 Å². The predicted octanol–water partition coefficient (Wildman–Crippen LogP) is 4.60. The van der Waals surface area contributed by atoms with E-state index >= 15 is 0 Å². The van der Waals surface area contributed by atoms with Crippen LogP contribution in [0.3, 0.4) is 0 Å². The zero-order valence-electron chi connectivity index (χ0n) is 13.8. The van der Waals surface area contributed by atoms with Crippen molar-refractivity contribution in [1.82, 2.24) is 0 Å². The topological polar surface area (TPSA) is 29.3 Å². The van der Waals surface area contributed by atoms with Gasteiger partial charge in [0.15, 0.2) is 0 Å². The van der Waals surface area contributed by atoms with Crippen molar-refractivity contribution in [2.24, 2.45) is 17.6 Å². The number of hydrogen-bond donors (Lipinski definition) is 1. The first-order valence-electron chi connectivity index (χ1n) is 8.23. The summed E-state index contributed by atoms with van der Waals surface area (Å²) in [6, 6.07) is 7.65. The summed E-state index contributed by atoms with van der Waals surface area (Å²) in [6.45, 7) is 10.4. The van der Waals surface area contributed by atoms with Gasteiger partial charge in [-0.2, -0.15) is 0 Å². The van der Waals surface area contributed by atoms with Gasteiger partial charge in [0, 0.05) is 28.8 Å². The normalized spacial score (nSPS) is 27.7. The first-order chi connectivity index (χ1) is 9.92. The maximum Gasteiger partial charge on any atom is 0.0380 e. The van der Waals surface area contributed by atoms with E-state index in [1.54, 1.807) is 0 Å². The van der Waals surface area contributed by atoms with Crippen LogP contribution in [0.1, 0.15) is 46.1 Å². The molecule has 1 fully saturated rings. The highest BCUT2D eigenvalue weighted by Crippen LogP contribution is 2.33. The Labute approximate surface area is 138 Å².